The Bertz CT molecular complexity index is 841. The molecule has 24 heavy (non-hydrogen) atoms. The fraction of sp³-hybridized carbons (Fsp3) is 0.421. The number of piperidine rings is 1. The summed E-state index contributed by atoms with van der Waals surface area (Å²) in [7, 11) is 0. The van der Waals surface area contributed by atoms with Gasteiger partial charge >= 0.3 is 0 Å². The topological polar surface area (TPSA) is 72.8 Å². The van der Waals surface area contributed by atoms with Crippen LogP contribution in [0.1, 0.15) is 47.3 Å². The SMILES string of the molecule is Cc1ccc(C)c(Cc2nc(N3CCCCC3)c(C#N)c(=O)[nH]2)c1. The summed E-state index contributed by atoms with van der Waals surface area (Å²) in [4.78, 5) is 21.8. The van der Waals surface area contributed by atoms with E-state index in [2.05, 4.69) is 46.9 Å². The van der Waals surface area contributed by atoms with E-state index < -0.39 is 0 Å². The molecule has 5 heteroatoms. The van der Waals surface area contributed by atoms with E-state index in [-0.39, 0.29) is 11.1 Å². The molecule has 0 radical (unpaired) electrons. The second-order valence-corrected chi connectivity index (χ2v) is 6.48. The van der Waals surface area contributed by atoms with Crippen molar-refractivity contribution in [3.05, 3.63) is 56.6 Å². The summed E-state index contributed by atoms with van der Waals surface area (Å²) in [5, 5.41) is 9.35. The Morgan fingerprint density at radius 3 is 2.71 bits per heavy atom. The normalized spacial score (nSPS) is 14.5. The Hall–Kier alpha value is -2.61. The first-order valence-corrected chi connectivity index (χ1v) is 8.43. The van der Waals surface area contributed by atoms with Crippen molar-refractivity contribution in [2.24, 2.45) is 0 Å². The predicted octanol–water partition coefficient (Wildman–Crippen LogP) is 2.84. The van der Waals surface area contributed by atoms with Gasteiger partial charge in [0, 0.05) is 19.5 Å². The van der Waals surface area contributed by atoms with Gasteiger partial charge in [-0.15, -0.1) is 0 Å². The van der Waals surface area contributed by atoms with Gasteiger partial charge in [0.2, 0.25) is 0 Å². The number of hydrogen-bond donors (Lipinski definition) is 1. The summed E-state index contributed by atoms with van der Waals surface area (Å²) in [5.41, 5.74) is 3.29. The first-order valence-electron chi connectivity index (χ1n) is 8.43. The van der Waals surface area contributed by atoms with Crippen LogP contribution < -0.4 is 10.5 Å². The second-order valence-electron chi connectivity index (χ2n) is 6.48. The molecule has 1 fully saturated rings. The Kier molecular flexibility index (Phi) is 4.66. The van der Waals surface area contributed by atoms with Crippen LogP contribution >= 0.6 is 0 Å². The number of nitrogens with zero attached hydrogens (tertiary/aromatic N) is 3. The standard InChI is InChI=1S/C19H22N4O/c1-13-6-7-14(2)15(10-13)11-17-21-18(16(12-20)19(24)22-17)23-8-4-3-5-9-23/h6-7,10H,3-5,8-9,11H2,1-2H3,(H,21,22,24). The Morgan fingerprint density at radius 2 is 2.00 bits per heavy atom. The number of hydrogen-bond acceptors (Lipinski definition) is 4. The minimum Gasteiger partial charge on any atom is -0.355 e. The zero-order valence-corrected chi connectivity index (χ0v) is 14.2. The zero-order valence-electron chi connectivity index (χ0n) is 14.2. The first kappa shape index (κ1) is 16.3. The maximum Gasteiger partial charge on any atom is 0.271 e. The van der Waals surface area contributed by atoms with Gasteiger partial charge in [0.25, 0.3) is 5.56 Å². The van der Waals surface area contributed by atoms with Crippen LogP contribution in [0.2, 0.25) is 0 Å². The molecule has 1 aromatic carbocycles. The van der Waals surface area contributed by atoms with Crippen LogP contribution in [0.3, 0.4) is 0 Å². The number of H-pyrrole nitrogens is 1. The number of nitrogens with one attached hydrogen (secondary N) is 1. The Morgan fingerprint density at radius 1 is 1.25 bits per heavy atom. The van der Waals surface area contributed by atoms with E-state index in [9.17, 15) is 10.1 Å². The lowest BCUT2D eigenvalue weighted by Gasteiger charge is -2.28. The van der Waals surface area contributed by atoms with Crippen LogP contribution in [0.25, 0.3) is 0 Å². The van der Waals surface area contributed by atoms with Gasteiger partial charge in [-0.2, -0.15) is 5.26 Å². The summed E-state index contributed by atoms with van der Waals surface area (Å²) in [6.45, 7) is 5.82. The molecular formula is C19H22N4O. The number of aryl methyl sites for hydroxylation is 2. The second kappa shape index (κ2) is 6.88. The minimum absolute atomic E-state index is 0.126. The molecule has 0 atom stereocenters. The van der Waals surface area contributed by atoms with E-state index in [0.29, 0.717) is 18.1 Å². The molecule has 0 unspecified atom stereocenters. The summed E-state index contributed by atoms with van der Waals surface area (Å²) < 4.78 is 0. The van der Waals surface area contributed by atoms with Crippen LogP contribution in [-0.2, 0) is 6.42 Å². The highest BCUT2D eigenvalue weighted by atomic mass is 16.1. The third-order valence-electron chi connectivity index (χ3n) is 4.58. The number of rotatable bonds is 3. The van der Waals surface area contributed by atoms with Crippen molar-refractivity contribution in [3.63, 3.8) is 0 Å². The number of aromatic amines is 1. The maximum atomic E-state index is 12.3. The predicted molar refractivity (Wildman–Crippen MR) is 94.4 cm³/mol. The highest BCUT2D eigenvalue weighted by Crippen LogP contribution is 2.21. The van der Waals surface area contributed by atoms with Crippen LogP contribution in [-0.4, -0.2) is 23.1 Å². The van der Waals surface area contributed by atoms with Gasteiger partial charge in [-0.3, -0.25) is 4.79 Å². The minimum atomic E-state index is -0.339. The van der Waals surface area contributed by atoms with Crippen LogP contribution in [0.4, 0.5) is 5.82 Å². The molecule has 124 valence electrons. The largest absolute Gasteiger partial charge is 0.355 e. The van der Waals surface area contributed by atoms with Crippen molar-refractivity contribution < 1.29 is 0 Å². The highest BCUT2D eigenvalue weighted by Gasteiger charge is 2.20. The van der Waals surface area contributed by atoms with Gasteiger partial charge in [-0.25, -0.2) is 4.98 Å². The van der Waals surface area contributed by atoms with E-state index in [4.69, 9.17) is 0 Å². The molecular weight excluding hydrogens is 300 g/mol. The number of aromatic nitrogens is 2. The molecule has 1 aliphatic rings. The average molecular weight is 322 g/mol. The lowest BCUT2D eigenvalue weighted by atomic mass is 10.0. The third kappa shape index (κ3) is 3.33. The van der Waals surface area contributed by atoms with Crippen molar-refractivity contribution in [3.8, 4) is 6.07 Å². The van der Waals surface area contributed by atoms with Crippen LogP contribution in [0.5, 0.6) is 0 Å². The highest BCUT2D eigenvalue weighted by molar-refractivity contribution is 5.53. The van der Waals surface area contributed by atoms with Gasteiger partial charge in [-0.1, -0.05) is 23.8 Å². The smallest absolute Gasteiger partial charge is 0.271 e. The van der Waals surface area contributed by atoms with E-state index in [1.54, 1.807) is 0 Å². The van der Waals surface area contributed by atoms with Crippen molar-refractivity contribution >= 4 is 5.82 Å². The van der Waals surface area contributed by atoms with Crippen LogP contribution in [0.15, 0.2) is 23.0 Å². The number of nitriles is 1. The summed E-state index contributed by atoms with van der Waals surface area (Å²) in [6, 6.07) is 8.30. The molecule has 2 aromatic rings. The molecule has 0 aliphatic carbocycles. The lowest BCUT2D eigenvalue weighted by molar-refractivity contribution is 0.571. The molecule has 2 heterocycles. The van der Waals surface area contributed by atoms with Gasteiger partial charge in [-0.05, 0) is 44.2 Å². The molecule has 0 amide bonds. The summed E-state index contributed by atoms with van der Waals surface area (Å²) in [5.74, 6) is 1.16. The van der Waals surface area contributed by atoms with Gasteiger partial charge in [0.15, 0.2) is 11.4 Å². The van der Waals surface area contributed by atoms with Crippen molar-refractivity contribution in [2.45, 2.75) is 39.5 Å². The fourth-order valence-corrected chi connectivity index (χ4v) is 3.20. The summed E-state index contributed by atoms with van der Waals surface area (Å²) >= 11 is 0. The van der Waals surface area contributed by atoms with E-state index in [0.717, 1.165) is 31.5 Å². The molecule has 1 saturated heterocycles. The molecule has 0 bridgehead atoms. The fourth-order valence-electron chi connectivity index (χ4n) is 3.20. The quantitative estimate of drug-likeness (QED) is 0.943. The Labute approximate surface area is 142 Å². The zero-order chi connectivity index (χ0) is 17.1. The maximum absolute atomic E-state index is 12.3. The molecule has 3 rings (SSSR count). The molecule has 1 N–H and O–H groups in total. The first-order chi connectivity index (χ1) is 11.6. The van der Waals surface area contributed by atoms with Gasteiger partial charge < -0.3 is 9.88 Å². The number of benzene rings is 1. The van der Waals surface area contributed by atoms with Crippen molar-refractivity contribution in [2.75, 3.05) is 18.0 Å². The van der Waals surface area contributed by atoms with Crippen LogP contribution in [0, 0.1) is 25.2 Å². The number of anilines is 1. The molecule has 5 nitrogen and oxygen atoms in total. The van der Waals surface area contributed by atoms with Crippen molar-refractivity contribution in [1.82, 2.24) is 9.97 Å². The molecule has 1 aliphatic heterocycles. The molecule has 1 aromatic heterocycles. The monoisotopic (exact) mass is 322 g/mol. The van der Waals surface area contributed by atoms with E-state index in [1.807, 2.05) is 6.07 Å². The summed E-state index contributed by atoms with van der Waals surface area (Å²) in [6.07, 6.45) is 3.91. The average Bonchev–Trinajstić information content (AvgIpc) is 2.58. The molecule has 0 saturated carbocycles. The third-order valence-corrected chi connectivity index (χ3v) is 4.58. The van der Waals surface area contributed by atoms with Gasteiger partial charge in [0.05, 0.1) is 0 Å². The van der Waals surface area contributed by atoms with E-state index >= 15 is 0 Å². The van der Waals surface area contributed by atoms with Crippen molar-refractivity contribution in [1.29, 1.82) is 5.26 Å². The lowest BCUT2D eigenvalue weighted by Crippen LogP contribution is -2.33. The van der Waals surface area contributed by atoms with E-state index in [1.165, 1.54) is 17.5 Å². The Balaban J connectivity index is 2.00. The molecule has 0 spiro atoms. The van der Waals surface area contributed by atoms with Gasteiger partial charge in [0.1, 0.15) is 11.9 Å².